The second-order valence-electron chi connectivity index (χ2n) is 10.5. The minimum atomic E-state index is -1.36. The molecular weight excluding hydrogens is 610 g/mol. The molecule has 1 saturated heterocycles. The Labute approximate surface area is 250 Å². The van der Waals surface area contributed by atoms with Crippen LogP contribution in [0.2, 0.25) is 0 Å². The van der Waals surface area contributed by atoms with Gasteiger partial charge in [0.25, 0.3) is 0 Å². The van der Waals surface area contributed by atoms with Crippen LogP contribution in [0.15, 0.2) is 52.4 Å². The molecule has 0 saturated carbocycles. The number of ether oxygens (including phenoxy) is 3. The highest BCUT2D eigenvalue weighted by Gasteiger charge is 2.40. The van der Waals surface area contributed by atoms with E-state index < -0.39 is 23.8 Å². The molecule has 6 N–H and O–H groups in total. The van der Waals surface area contributed by atoms with Gasteiger partial charge in [0.1, 0.15) is 36.1 Å². The predicted molar refractivity (Wildman–Crippen MR) is 158 cm³/mol. The van der Waals surface area contributed by atoms with Crippen LogP contribution < -0.4 is 27.2 Å². The van der Waals surface area contributed by atoms with Crippen molar-refractivity contribution in [1.29, 1.82) is 0 Å². The van der Waals surface area contributed by atoms with Gasteiger partial charge in [-0.05, 0) is 51.1 Å². The summed E-state index contributed by atoms with van der Waals surface area (Å²) in [4.78, 5) is 29.0. The van der Waals surface area contributed by atoms with E-state index in [1.165, 1.54) is 10.9 Å². The average Bonchev–Trinajstić information content (AvgIpc) is 3.53. The number of imidazole rings is 1. The summed E-state index contributed by atoms with van der Waals surface area (Å²) in [7, 11) is 0. The van der Waals surface area contributed by atoms with Crippen molar-refractivity contribution in [2.24, 2.45) is 0 Å². The molecule has 224 valence electrons. The third-order valence-corrected chi connectivity index (χ3v) is 7.25. The number of nitrogens with one attached hydrogen (secondary N) is 1. The molecule has 15 heteroatoms. The number of nitrogen functional groups attached to an aromatic ring is 2. The molecule has 1 unspecified atom stereocenters. The predicted octanol–water partition coefficient (Wildman–Crippen LogP) is 1.97. The highest BCUT2D eigenvalue weighted by Crippen LogP contribution is 2.36. The number of hydrogen-bond acceptors (Lipinski definition) is 12. The quantitative estimate of drug-likeness (QED) is 0.130. The van der Waals surface area contributed by atoms with Crippen molar-refractivity contribution in [1.82, 2.24) is 34.4 Å². The molecule has 1 aliphatic heterocycles. The molecule has 0 radical (unpaired) electrons. The summed E-state index contributed by atoms with van der Waals surface area (Å²) in [6, 6.07) is 7.47. The first-order valence-electron chi connectivity index (χ1n) is 13.5. The number of rotatable bonds is 12. The molecule has 42 heavy (non-hydrogen) atoms. The average molecular weight is 645 g/mol. The number of anilines is 2. The van der Waals surface area contributed by atoms with E-state index in [4.69, 9.17) is 25.7 Å². The minimum Gasteiger partial charge on any atom is -0.492 e. The SMILES string of the molecule is CC(C)(O)OC1C[C@@H](CCNCc2cn(CCOc3ccc(Br)cc3)c(=O)nc2N)O[C@H]1n1cnc2c(N)ncnc21. The molecule has 0 amide bonds. The lowest BCUT2D eigenvalue weighted by atomic mass is 10.1. The number of benzene rings is 1. The molecule has 0 bridgehead atoms. The van der Waals surface area contributed by atoms with Crippen LogP contribution in [-0.4, -0.2) is 65.3 Å². The van der Waals surface area contributed by atoms with Crippen LogP contribution in [0.3, 0.4) is 0 Å². The zero-order chi connectivity index (χ0) is 29.9. The van der Waals surface area contributed by atoms with Crippen LogP contribution in [0.1, 0.15) is 38.5 Å². The molecule has 0 spiro atoms. The zero-order valence-electron chi connectivity index (χ0n) is 23.3. The van der Waals surface area contributed by atoms with Crippen LogP contribution in [0.5, 0.6) is 5.75 Å². The van der Waals surface area contributed by atoms with Gasteiger partial charge in [-0.3, -0.25) is 9.13 Å². The third-order valence-electron chi connectivity index (χ3n) is 6.72. The van der Waals surface area contributed by atoms with Crippen LogP contribution in [0.25, 0.3) is 11.2 Å². The van der Waals surface area contributed by atoms with Crippen molar-refractivity contribution >= 4 is 38.7 Å². The smallest absolute Gasteiger partial charge is 0.349 e. The van der Waals surface area contributed by atoms with Crippen molar-refractivity contribution in [3.63, 3.8) is 0 Å². The van der Waals surface area contributed by atoms with Gasteiger partial charge in [-0.1, -0.05) is 15.9 Å². The molecular formula is C27H34BrN9O5. The zero-order valence-corrected chi connectivity index (χ0v) is 24.9. The maximum atomic E-state index is 12.4. The number of hydrogen-bond donors (Lipinski definition) is 4. The summed E-state index contributed by atoms with van der Waals surface area (Å²) in [6.45, 7) is 4.80. The molecule has 3 aromatic heterocycles. The minimum absolute atomic E-state index is 0.174. The number of aliphatic hydroxyl groups is 1. The van der Waals surface area contributed by atoms with E-state index in [2.05, 4.69) is 41.2 Å². The summed E-state index contributed by atoms with van der Waals surface area (Å²) < 4.78 is 22.2. The maximum absolute atomic E-state index is 12.4. The lowest BCUT2D eigenvalue weighted by Gasteiger charge is -2.27. The van der Waals surface area contributed by atoms with Gasteiger partial charge in [0.05, 0.1) is 19.0 Å². The monoisotopic (exact) mass is 643 g/mol. The molecule has 4 heterocycles. The Morgan fingerprint density at radius 3 is 2.74 bits per heavy atom. The number of aromatic nitrogens is 6. The van der Waals surface area contributed by atoms with E-state index in [9.17, 15) is 9.90 Å². The first kappa shape index (κ1) is 29.8. The Morgan fingerprint density at radius 1 is 1.19 bits per heavy atom. The Bertz CT molecular complexity index is 1570. The van der Waals surface area contributed by atoms with Gasteiger partial charge < -0.3 is 36.1 Å². The molecule has 0 aliphatic carbocycles. The number of fused-ring (bicyclic) bond motifs is 1. The van der Waals surface area contributed by atoms with Crippen LogP contribution in [0, 0.1) is 0 Å². The number of nitrogens with two attached hydrogens (primary N) is 2. The Hall–Kier alpha value is -3.63. The fraction of sp³-hybridized carbons (Fsp3) is 0.444. The topological polar surface area (TPSA) is 190 Å². The standard InChI is InChI=1S/C27H34BrN9O5/c1-27(2,39)42-20-11-19(41-25(20)37-15-34-21-23(30)32-14-33-24(21)37)7-8-31-12-16-13-36(26(38)35-22(16)29)9-10-40-18-5-3-17(28)4-6-18/h3-6,13-15,19-20,25,31,39H,7-12H2,1-2H3,(H2,29,35,38)(H2,30,32,33)/t19-,20?,25-/m1/s1. The molecule has 1 aromatic carbocycles. The second kappa shape index (κ2) is 12.7. The molecule has 3 atom stereocenters. The van der Waals surface area contributed by atoms with Crippen molar-refractivity contribution in [2.75, 3.05) is 24.6 Å². The van der Waals surface area contributed by atoms with Crippen molar-refractivity contribution in [2.45, 2.75) is 64.0 Å². The molecule has 1 aliphatic rings. The molecule has 1 fully saturated rings. The molecule has 5 rings (SSSR count). The maximum Gasteiger partial charge on any atom is 0.349 e. The highest BCUT2D eigenvalue weighted by molar-refractivity contribution is 9.10. The lowest BCUT2D eigenvalue weighted by molar-refractivity contribution is -0.222. The van der Waals surface area contributed by atoms with Crippen LogP contribution in [-0.2, 0) is 22.6 Å². The summed E-state index contributed by atoms with van der Waals surface area (Å²) in [6.07, 6.45) is 4.68. The van der Waals surface area contributed by atoms with E-state index in [1.54, 1.807) is 30.9 Å². The Balaban J connectivity index is 1.17. The largest absolute Gasteiger partial charge is 0.492 e. The van der Waals surface area contributed by atoms with Crippen LogP contribution >= 0.6 is 15.9 Å². The van der Waals surface area contributed by atoms with E-state index in [1.807, 2.05) is 24.3 Å². The van der Waals surface area contributed by atoms with E-state index in [0.717, 1.165) is 4.47 Å². The summed E-state index contributed by atoms with van der Waals surface area (Å²) in [5.41, 5.74) is 13.3. The van der Waals surface area contributed by atoms with Crippen LogP contribution in [0.4, 0.5) is 11.6 Å². The van der Waals surface area contributed by atoms with E-state index in [0.29, 0.717) is 61.6 Å². The van der Waals surface area contributed by atoms with Gasteiger partial charge in [-0.25, -0.2) is 19.7 Å². The van der Waals surface area contributed by atoms with Crippen molar-refractivity contribution in [3.8, 4) is 5.75 Å². The van der Waals surface area contributed by atoms with Crippen molar-refractivity contribution < 1.29 is 19.3 Å². The Kier molecular flexibility index (Phi) is 9.03. The number of nitrogens with zero attached hydrogens (tertiary/aromatic N) is 6. The fourth-order valence-electron chi connectivity index (χ4n) is 4.80. The summed E-state index contributed by atoms with van der Waals surface area (Å²) in [5, 5.41) is 13.7. The van der Waals surface area contributed by atoms with Gasteiger partial charge in [0.15, 0.2) is 23.5 Å². The Morgan fingerprint density at radius 2 is 1.98 bits per heavy atom. The first-order valence-corrected chi connectivity index (χ1v) is 14.3. The normalized spacial score (nSPS) is 19.0. The highest BCUT2D eigenvalue weighted by atomic mass is 79.9. The van der Waals surface area contributed by atoms with Gasteiger partial charge >= 0.3 is 5.69 Å². The second-order valence-corrected chi connectivity index (χ2v) is 11.4. The van der Waals surface area contributed by atoms with Gasteiger partial charge in [0.2, 0.25) is 0 Å². The third kappa shape index (κ3) is 7.22. The number of halogens is 1. The first-order chi connectivity index (χ1) is 20.1. The van der Waals surface area contributed by atoms with E-state index >= 15 is 0 Å². The van der Waals surface area contributed by atoms with E-state index in [-0.39, 0.29) is 17.7 Å². The van der Waals surface area contributed by atoms with Crippen molar-refractivity contribution in [3.05, 3.63) is 63.6 Å². The van der Waals surface area contributed by atoms with Gasteiger partial charge in [-0.15, -0.1) is 0 Å². The summed E-state index contributed by atoms with van der Waals surface area (Å²) >= 11 is 3.39. The molecule has 14 nitrogen and oxygen atoms in total. The van der Waals surface area contributed by atoms with Gasteiger partial charge in [-0.2, -0.15) is 4.98 Å². The van der Waals surface area contributed by atoms with Gasteiger partial charge in [0, 0.05) is 29.2 Å². The lowest BCUT2D eigenvalue weighted by Crippen LogP contribution is -2.33. The molecule has 4 aromatic rings. The fourth-order valence-corrected chi connectivity index (χ4v) is 5.07. The summed E-state index contributed by atoms with van der Waals surface area (Å²) in [5.74, 6) is -0.196.